The van der Waals surface area contributed by atoms with E-state index in [-0.39, 0.29) is 11.8 Å². The standard InChI is InChI=1S/C22H23N3O2S/c1-15-19(28-18(23-15)14-16-10-6-4-7-11-16)20(26)25-22(2,3)21(27)24-17-12-8-5-9-13-17/h4-13H,14H2,1-3H3,(H,24,27)(H,25,26). The fraction of sp³-hybridized carbons (Fsp3) is 0.227. The fourth-order valence-corrected chi connectivity index (χ4v) is 3.71. The molecule has 3 rings (SSSR count). The number of nitrogens with zero attached hydrogens (tertiary/aromatic N) is 1. The van der Waals surface area contributed by atoms with Gasteiger partial charge < -0.3 is 10.6 Å². The zero-order chi connectivity index (χ0) is 20.1. The highest BCUT2D eigenvalue weighted by atomic mass is 32.1. The number of amides is 2. The number of rotatable bonds is 6. The van der Waals surface area contributed by atoms with Crippen molar-refractivity contribution in [2.75, 3.05) is 5.32 Å². The molecule has 0 aliphatic rings. The Bertz CT molecular complexity index is 966. The quantitative estimate of drug-likeness (QED) is 0.660. The summed E-state index contributed by atoms with van der Waals surface area (Å²) < 4.78 is 0. The molecule has 0 bridgehead atoms. The van der Waals surface area contributed by atoms with Crippen LogP contribution in [0.3, 0.4) is 0 Å². The minimum absolute atomic E-state index is 0.279. The van der Waals surface area contributed by atoms with Crippen molar-refractivity contribution in [3.63, 3.8) is 0 Å². The van der Waals surface area contributed by atoms with E-state index in [1.807, 2.05) is 55.5 Å². The molecule has 0 unspecified atom stereocenters. The van der Waals surface area contributed by atoms with Gasteiger partial charge in [0.15, 0.2) is 0 Å². The molecule has 144 valence electrons. The Morgan fingerprint density at radius 3 is 2.25 bits per heavy atom. The molecule has 0 aliphatic heterocycles. The number of aromatic nitrogens is 1. The lowest BCUT2D eigenvalue weighted by Gasteiger charge is -2.25. The number of nitrogens with one attached hydrogen (secondary N) is 2. The van der Waals surface area contributed by atoms with Crippen LogP contribution in [-0.2, 0) is 11.2 Å². The summed E-state index contributed by atoms with van der Waals surface area (Å²) in [6, 6.07) is 19.2. The molecule has 1 aromatic heterocycles. The first-order valence-corrected chi connectivity index (χ1v) is 9.86. The summed E-state index contributed by atoms with van der Waals surface area (Å²) >= 11 is 1.36. The van der Waals surface area contributed by atoms with Gasteiger partial charge in [0.05, 0.1) is 10.7 Å². The maximum absolute atomic E-state index is 12.8. The van der Waals surface area contributed by atoms with Crippen LogP contribution in [0.4, 0.5) is 5.69 Å². The van der Waals surface area contributed by atoms with Crippen molar-refractivity contribution in [2.24, 2.45) is 0 Å². The predicted molar refractivity (Wildman–Crippen MR) is 113 cm³/mol. The van der Waals surface area contributed by atoms with Gasteiger partial charge in [0.25, 0.3) is 5.91 Å². The summed E-state index contributed by atoms with van der Waals surface area (Å²) in [5.41, 5.74) is 1.44. The molecule has 6 heteroatoms. The van der Waals surface area contributed by atoms with Gasteiger partial charge in [-0.3, -0.25) is 9.59 Å². The summed E-state index contributed by atoms with van der Waals surface area (Å²) in [7, 11) is 0. The lowest BCUT2D eigenvalue weighted by molar-refractivity contribution is -0.120. The molecule has 3 aromatic rings. The highest BCUT2D eigenvalue weighted by Crippen LogP contribution is 2.22. The van der Waals surface area contributed by atoms with Crippen molar-refractivity contribution >= 4 is 28.8 Å². The van der Waals surface area contributed by atoms with Gasteiger partial charge in [-0.1, -0.05) is 48.5 Å². The molecule has 2 amide bonds. The van der Waals surface area contributed by atoms with Crippen LogP contribution in [0.25, 0.3) is 0 Å². The Morgan fingerprint density at radius 1 is 1.00 bits per heavy atom. The van der Waals surface area contributed by atoms with Crippen LogP contribution in [0.5, 0.6) is 0 Å². The number of carbonyl (C=O) groups is 2. The molecule has 28 heavy (non-hydrogen) atoms. The molecule has 2 aromatic carbocycles. The van der Waals surface area contributed by atoms with Crippen molar-refractivity contribution in [3.05, 3.63) is 81.8 Å². The molecule has 0 saturated carbocycles. The van der Waals surface area contributed by atoms with E-state index in [0.717, 1.165) is 10.6 Å². The van der Waals surface area contributed by atoms with Gasteiger partial charge >= 0.3 is 0 Å². The maximum Gasteiger partial charge on any atom is 0.264 e. The van der Waals surface area contributed by atoms with Crippen molar-refractivity contribution < 1.29 is 9.59 Å². The van der Waals surface area contributed by atoms with E-state index in [0.29, 0.717) is 22.7 Å². The number of hydrogen-bond acceptors (Lipinski definition) is 4. The minimum atomic E-state index is -1.07. The van der Waals surface area contributed by atoms with E-state index in [4.69, 9.17) is 0 Å². The van der Waals surface area contributed by atoms with Crippen molar-refractivity contribution in [2.45, 2.75) is 32.7 Å². The molecular weight excluding hydrogens is 370 g/mol. The summed E-state index contributed by atoms with van der Waals surface area (Å²) in [6.07, 6.45) is 0.678. The average molecular weight is 394 g/mol. The van der Waals surface area contributed by atoms with Gasteiger partial charge in [-0.2, -0.15) is 0 Å². The highest BCUT2D eigenvalue weighted by molar-refractivity contribution is 7.13. The smallest absolute Gasteiger partial charge is 0.264 e. The Morgan fingerprint density at radius 2 is 1.61 bits per heavy atom. The van der Waals surface area contributed by atoms with Gasteiger partial charge in [-0.25, -0.2) is 4.98 Å². The number of hydrogen-bond donors (Lipinski definition) is 2. The average Bonchev–Trinajstić information content (AvgIpc) is 3.03. The molecule has 1 heterocycles. The Balaban J connectivity index is 1.68. The third-order valence-electron chi connectivity index (χ3n) is 4.27. The zero-order valence-electron chi connectivity index (χ0n) is 16.2. The Hall–Kier alpha value is -2.99. The summed E-state index contributed by atoms with van der Waals surface area (Å²) in [5.74, 6) is -0.568. The third-order valence-corrected chi connectivity index (χ3v) is 5.43. The molecule has 0 spiro atoms. The molecule has 0 atom stereocenters. The second kappa shape index (κ2) is 8.35. The van der Waals surface area contributed by atoms with Gasteiger partial charge in [-0.15, -0.1) is 11.3 Å². The minimum Gasteiger partial charge on any atom is -0.337 e. The van der Waals surface area contributed by atoms with Crippen LogP contribution in [-0.4, -0.2) is 22.3 Å². The second-order valence-electron chi connectivity index (χ2n) is 7.08. The summed E-state index contributed by atoms with van der Waals surface area (Å²) in [5, 5.41) is 6.53. The molecule has 2 N–H and O–H groups in total. The number of anilines is 1. The predicted octanol–water partition coefficient (Wildman–Crippen LogP) is 4.19. The van der Waals surface area contributed by atoms with Crippen molar-refractivity contribution in [3.8, 4) is 0 Å². The molecule has 0 saturated heterocycles. The SMILES string of the molecule is Cc1nc(Cc2ccccc2)sc1C(=O)NC(C)(C)C(=O)Nc1ccccc1. The highest BCUT2D eigenvalue weighted by Gasteiger charge is 2.31. The van der Waals surface area contributed by atoms with E-state index >= 15 is 0 Å². The van der Waals surface area contributed by atoms with E-state index in [1.54, 1.807) is 26.0 Å². The molecular formula is C22H23N3O2S. The first kappa shape index (κ1) is 19.8. The van der Waals surface area contributed by atoms with Gasteiger partial charge in [-0.05, 0) is 38.5 Å². The van der Waals surface area contributed by atoms with Crippen LogP contribution in [0.2, 0.25) is 0 Å². The summed E-state index contributed by atoms with van der Waals surface area (Å²) in [6.45, 7) is 5.19. The van der Waals surface area contributed by atoms with E-state index in [9.17, 15) is 9.59 Å². The van der Waals surface area contributed by atoms with Crippen LogP contribution in [0.15, 0.2) is 60.7 Å². The van der Waals surface area contributed by atoms with E-state index < -0.39 is 5.54 Å². The third kappa shape index (κ3) is 4.84. The number of carbonyl (C=O) groups excluding carboxylic acids is 2. The Labute approximate surface area is 168 Å². The van der Waals surface area contributed by atoms with Gasteiger partial charge in [0, 0.05) is 12.1 Å². The van der Waals surface area contributed by atoms with Crippen molar-refractivity contribution in [1.82, 2.24) is 10.3 Å². The number of benzene rings is 2. The Kier molecular flexibility index (Phi) is 5.90. The first-order chi connectivity index (χ1) is 13.3. The van der Waals surface area contributed by atoms with Crippen LogP contribution in [0.1, 0.15) is 39.8 Å². The van der Waals surface area contributed by atoms with E-state index in [1.165, 1.54) is 11.3 Å². The number of para-hydroxylation sites is 1. The zero-order valence-corrected chi connectivity index (χ0v) is 17.0. The second-order valence-corrected chi connectivity index (χ2v) is 8.17. The fourth-order valence-electron chi connectivity index (χ4n) is 2.72. The monoisotopic (exact) mass is 393 g/mol. The van der Waals surface area contributed by atoms with Crippen LogP contribution in [0, 0.1) is 6.92 Å². The largest absolute Gasteiger partial charge is 0.337 e. The van der Waals surface area contributed by atoms with Crippen molar-refractivity contribution in [1.29, 1.82) is 0 Å². The van der Waals surface area contributed by atoms with Crippen LogP contribution >= 0.6 is 11.3 Å². The summed E-state index contributed by atoms with van der Waals surface area (Å²) in [4.78, 5) is 30.4. The molecule has 0 radical (unpaired) electrons. The van der Waals surface area contributed by atoms with E-state index in [2.05, 4.69) is 15.6 Å². The lowest BCUT2D eigenvalue weighted by atomic mass is 10.0. The number of aryl methyl sites for hydroxylation is 1. The normalized spacial score (nSPS) is 11.1. The molecule has 0 aliphatic carbocycles. The molecule has 5 nitrogen and oxygen atoms in total. The van der Waals surface area contributed by atoms with Crippen LogP contribution < -0.4 is 10.6 Å². The number of thiazole rings is 1. The molecule has 0 fully saturated rings. The van der Waals surface area contributed by atoms with Gasteiger partial charge in [0.1, 0.15) is 10.4 Å². The maximum atomic E-state index is 12.8. The first-order valence-electron chi connectivity index (χ1n) is 9.04. The van der Waals surface area contributed by atoms with Gasteiger partial charge in [0.2, 0.25) is 5.91 Å². The lowest BCUT2D eigenvalue weighted by Crippen LogP contribution is -2.52. The topological polar surface area (TPSA) is 71.1 Å².